The average Bonchev–Trinajstić information content (AvgIpc) is 3.25. The zero-order valence-electron chi connectivity index (χ0n) is 22.9. The van der Waals surface area contributed by atoms with Crippen LogP contribution >= 0.6 is 24.0 Å². The summed E-state index contributed by atoms with van der Waals surface area (Å²) in [4.78, 5) is 15.4. The van der Waals surface area contributed by atoms with Crippen LogP contribution < -0.4 is 14.8 Å². The molecule has 0 spiro atoms. The summed E-state index contributed by atoms with van der Waals surface area (Å²) < 4.78 is 13.3. The van der Waals surface area contributed by atoms with Crippen LogP contribution in [0.5, 0.6) is 11.5 Å². The van der Waals surface area contributed by atoms with Crippen LogP contribution in [-0.2, 0) is 13.1 Å². The Balaban J connectivity index is 0.00000420. The molecule has 0 aliphatic carbocycles. The number of aryl methyl sites for hydroxylation is 1. The molecule has 0 atom stereocenters. The number of hydrogen-bond acceptors (Lipinski definition) is 6. The molecule has 2 aromatic carbocycles. The molecule has 4 rings (SSSR count). The number of ether oxygens (including phenoxy) is 2. The summed E-state index contributed by atoms with van der Waals surface area (Å²) >= 11 is 6.26. The zero-order valence-corrected chi connectivity index (χ0v) is 24.5. The standard InChI is InChI=1S/C29H37ClN4O4.ClH/c1-19(2)18-38-27-8-6-23(30)15-22(27)17-34-20(3)13-26(32-34)29(36)31-25-7-5-21(14-28(25)37-4)16-33-11-9-24(35)10-12-33;/h5-8,13-15,19,24,35H,9-12,16-18H2,1-4H3,(H,31,36);1H. The smallest absolute Gasteiger partial charge is 0.276 e. The molecular formula is C29H38Cl2N4O4. The largest absolute Gasteiger partial charge is 0.495 e. The molecule has 1 aliphatic rings. The molecule has 1 amide bonds. The number of aromatic nitrogens is 2. The van der Waals surface area contributed by atoms with E-state index < -0.39 is 0 Å². The highest BCUT2D eigenvalue weighted by atomic mass is 35.5. The maximum atomic E-state index is 13.1. The number of anilines is 1. The first-order chi connectivity index (χ1) is 18.2. The Morgan fingerprint density at radius 3 is 2.56 bits per heavy atom. The van der Waals surface area contributed by atoms with Gasteiger partial charge in [-0.1, -0.05) is 31.5 Å². The lowest BCUT2D eigenvalue weighted by molar-refractivity contribution is 0.0792. The second kappa shape index (κ2) is 14.0. The van der Waals surface area contributed by atoms with Gasteiger partial charge in [0, 0.05) is 35.9 Å². The minimum absolute atomic E-state index is 0. The third kappa shape index (κ3) is 8.35. The molecule has 1 aromatic heterocycles. The van der Waals surface area contributed by atoms with Crippen molar-refractivity contribution in [2.24, 2.45) is 5.92 Å². The first-order valence-electron chi connectivity index (χ1n) is 13.1. The van der Waals surface area contributed by atoms with Crippen molar-refractivity contribution in [1.82, 2.24) is 14.7 Å². The predicted octanol–water partition coefficient (Wildman–Crippen LogP) is 5.57. The van der Waals surface area contributed by atoms with Gasteiger partial charge in [0.15, 0.2) is 5.69 Å². The Labute approximate surface area is 241 Å². The molecule has 0 radical (unpaired) electrons. The van der Waals surface area contributed by atoms with E-state index in [1.165, 1.54) is 0 Å². The Kier molecular flexibility index (Phi) is 11.1. The van der Waals surface area contributed by atoms with E-state index >= 15 is 0 Å². The molecule has 10 heteroatoms. The first-order valence-corrected chi connectivity index (χ1v) is 13.4. The Hall–Kier alpha value is -2.78. The minimum Gasteiger partial charge on any atom is -0.495 e. The Morgan fingerprint density at radius 2 is 1.87 bits per heavy atom. The van der Waals surface area contributed by atoms with Gasteiger partial charge in [-0.25, -0.2) is 0 Å². The fraction of sp³-hybridized carbons (Fsp3) is 0.448. The van der Waals surface area contributed by atoms with Gasteiger partial charge < -0.3 is 19.9 Å². The SMILES string of the molecule is COc1cc(CN2CCC(O)CC2)ccc1NC(=O)c1cc(C)n(Cc2cc(Cl)ccc2OCC(C)C)n1.Cl. The van der Waals surface area contributed by atoms with E-state index in [9.17, 15) is 9.90 Å². The lowest BCUT2D eigenvalue weighted by atomic mass is 10.1. The van der Waals surface area contributed by atoms with Crippen molar-refractivity contribution in [1.29, 1.82) is 0 Å². The summed E-state index contributed by atoms with van der Waals surface area (Å²) in [6.45, 7) is 9.64. The van der Waals surface area contributed by atoms with Gasteiger partial charge in [-0.3, -0.25) is 14.4 Å². The van der Waals surface area contributed by atoms with Crippen molar-refractivity contribution < 1.29 is 19.4 Å². The van der Waals surface area contributed by atoms with E-state index in [1.807, 2.05) is 43.3 Å². The zero-order chi connectivity index (χ0) is 27.2. The number of nitrogens with one attached hydrogen (secondary N) is 1. The Bertz CT molecular complexity index is 1260. The topological polar surface area (TPSA) is 88.9 Å². The number of likely N-dealkylation sites (tertiary alicyclic amines) is 1. The van der Waals surface area contributed by atoms with Gasteiger partial charge >= 0.3 is 0 Å². The summed E-state index contributed by atoms with van der Waals surface area (Å²) in [5.41, 5.74) is 3.73. The molecule has 3 aromatic rings. The van der Waals surface area contributed by atoms with Crippen LogP contribution in [0.1, 0.15) is 54.0 Å². The molecule has 212 valence electrons. The van der Waals surface area contributed by atoms with Crippen molar-refractivity contribution >= 4 is 35.6 Å². The molecule has 2 N–H and O–H groups in total. The molecule has 0 saturated carbocycles. The third-order valence-corrected chi connectivity index (χ3v) is 6.84. The lowest BCUT2D eigenvalue weighted by Gasteiger charge is -2.29. The van der Waals surface area contributed by atoms with Crippen molar-refractivity contribution in [3.63, 3.8) is 0 Å². The van der Waals surface area contributed by atoms with Crippen molar-refractivity contribution in [3.05, 3.63) is 70.0 Å². The number of rotatable bonds is 10. The van der Waals surface area contributed by atoms with E-state index in [0.717, 1.165) is 55.0 Å². The number of piperidine rings is 1. The fourth-order valence-corrected chi connectivity index (χ4v) is 4.67. The number of aliphatic hydroxyl groups is 1. The molecule has 1 saturated heterocycles. The molecular weight excluding hydrogens is 539 g/mol. The first kappa shape index (κ1) is 30.8. The number of carbonyl (C=O) groups is 1. The van der Waals surface area contributed by atoms with Crippen molar-refractivity contribution in [3.8, 4) is 11.5 Å². The number of aliphatic hydroxyl groups excluding tert-OH is 1. The number of methoxy groups -OCH3 is 1. The van der Waals surface area contributed by atoms with E-state index in [4.69, 9.17) is 21.1 Å². The van der Waals surface area contributed by atoms with Crippen LogP contribution in [0.15, 0.2) is 42.5 Å². The number of benzene rings is 2. The molecule has 0 unspecified atom stereocenters. The highest BCUT2D eigenvalue weighted by Crippen LogP contribution is 2.28. The van der Waals surface area contributed by atoms with E-state index in [0.29, 0.717) is 41.2 Å². The fourth-order valence-electron chi connectivity index (χ4n) is 4.47. The summed E-state index contributed by atoms with van der Waals surface area (Å²) in [5.74, 6) is 1.43. The normalized spacial score (nSPS) is 14.2. The summed E-state index contributed by atoms with van der Waals surface area (Å²) in [6.07, 6.45) is 1.39. The van der Waals surface area contributed by atoms with Gasteiger partial charge in [0.05, 0.1) is 32.1 Å². The van der Waals surface area contributed by atoms with Gasteiger partial charge in [-0.2, -0.15) is 5.10 Å². The monoisotopic (exact) mass is 576 g/mol. The van der Waals surface area contributed by atoms with E-state index in [1.54, 1.807) is 17.9 Å². The number of amides is 1. The van der Waals surface area contributed by atoms with Gasteiger partial charge in [-0.15, -0.1) is 12.4 Å². The highest BCUT2D eigenvalue weighted by molar-refractivity contribution is 6.30. The molecule has 39 heavy (non-hydrogen) atoms. The second-order valence-electron chi connectivity index (χ2n) is 10.3. The van der Waals surface area contributed by atoms with Crippen LogP contribution in [-0.4, -0.2) is 58.6 Å². The van der Waals surface area contributed by atoms with E-state index in [2.05, 4.69) is 29.2 Å². The summed E-state index contributed by atoms with van der Waals surface area (Å²) in [5, 5.41) is 17.9. The number of carbonyl (C=O) groups excluding carboxylic acids is 1. The van der Waals surface area contributed by atoms with E-state index in [-0.39, 0.29) is 24.4 Å². The molecule has 2 heterocycles. The highest BCUT2D eigenvalue weighted by Gasteiger charge is 2.19. The second-order valence-corrected chi connectivity index (χ2v) is 10.7. The van der Waals surface area contributed by atoms with Crippen LogP contribution in [0.3, 0.4) is 0 Å². The molecule has 1 fully saturated rings. The average molecular weight is 578 g/mol. The van der Waals surface area contributed by atoms with Gasteiger partial charge in [0.2, 0.25) is 0 Å². The molecule has 8 nitrogen and oxygen atoms in total. The van der Waals surface area contributed by atoms with Crippen LogP contribution in [0.25, 0.3) is 0 Å². The number of halogens is 2. The van der Waals surface area contributed by atoms with Crippen molar-refractivity contribution in [2.45, 2.75) is 52.8 Å². The van der Waals surface area contributed by atoms with Crippen LogP contribution in [0.4, 0.5) is 5.69 Å². The van der Waals surface area contributed by atoms with Gasteiger partial charge in [0.1, 0.15) is 11.5 Å². The lowest BCUT2D eigenvalue weighted by Crippen LogP contribution is -2.35. The van der Waals surface area contributed by atoms with Gasteiger partial charge in [0.25, 0.3) is 5.91 Å². The molecule has 0 bridgehead atoms. The predicted molar refractivity (Wildman–Crippen MR) is 157 cm³/mol. The summed E-state index contributed by atoms with van der Waals surface area (Å²) in [7, 11) is 1.59. The maximum absolute atomic E-state index is 13.1. The summed E-state index contributed by atoms with van der Waals surface area (Å²) in [6, 6.07) is 13.1. The van der Waals surface area contributed by atoms with Crippen LogP contribution in [0, 0.1) is 12.8 Å². The molecule has 1 aliphatic heterocycles. The minimum atomic E-state index is -0.315. The van der Waals surface area contributed by atoms with Crippen LogP contribution in [0.2, 0.25) is 5.02 Å². The van der Waals surface area contributed by atoms with Crippen molar-refractivity contribution in [2.75, 3.05) is 32.1 Å². The quantitative estimate of drug-likeness (QED) is 0.328. The third-order valence-electron chi connectivity index (χ3n) is 6.61. The maximum Gasteiger partial charge on any atom is 0.276 e. The number of nitrogens with zero attached hydrogens (tertiary/aromatic N) is 3. The number of hydrogen-bond donors (Lipinski definition) is 2. The Morgan fingerprint density at radius 1 is 1.13 bits per heavy atom. The van der Waals surface area contributed by atoms with Gasteiger partial charge in [-0.05, 0) is 67.6 Å².